The number of aliphatic hydroxyl groups is 2. The van der Waals surface area contributed by atoms with E-state index in [1.165, 1.54) is 6.92 Å². The van der Waals surface area contributed by atoms with Crippen LogP contribution in [0.5, 0.6) is 0 Å². The van der Waals surface area contributed by atoms with E-state index in [4.69, 9.17) is 0 Å². The Labute approximate surface area is 151 Å². The molecule has 0 saturated carbocycles. The first-order valence-corrected chi connectivity index (χ1v) is 9.09. The van der Waals surface area contributed by atoms with Gasteiger partial charge >= 0.3 is 0 Å². The fourth-order valence-electron chi connectivity index (χ4n) is 2.81. The first-order chi connectivity index (χ1) is 11.8. The van der Waals surface area contributed by atoms with Crippen LogP contribution in [0.15, 0.2) is 24.3 Å². The minimum Gasteiger partial charge on any atom is -0.388 e. The predicted octanol–water partition coefficient (Wildman–Crippen LogP) is 3.18. The summed E-state index contributed by atoms with van der Waals surface area (Å²) in [6.45, 7) is 7.84. The van der Waals surface area contributed by atoms with Gasteiger partial charge in [0.2, 0.25) is 5.91 Å². The molecular weight excluding hydrogens is 314 g/mol. The van der Waals surface area contributed by atoms with Crippen molar-refractivity contribution >= 4 is 5.91 Å². The number of aliphatic hydroxyl groups excluding tert-OH is 1. The Morgan fingerprint density at radius 3 is 2.48 bits per heavy atom. The second-order valence-corrected chi connectivity index (χ2v) is 6.77. The average molecular weight is 345 g/mol. The Balaban J connectivity index is 2.91. The maximum atomic E-state index is 11.0. The summed E-state index contributed by atoms with van der Waals surface area (Å²) in [4.78, 5) is 11.0. The van der Waals surface area contributed by atoms with Gasteiger partial charge in [-0.25, -0.2) is 0 Å². The molecule has 0 heterocycles. The topological polar surface area (TPSA) is 69.6 Å². The van der Waals surface area contributed by atoms with Crippen molar-refractivity contribution in [2.24, 2.45) is 5.92 Å². The summed E-state index contributed by atoms with van der Waals surface area (Å²) in [6, 6.07) is 7.43. The Morgan fingerprint density at radius 2 is 1.92 bits per heavy atom. The van der Waals surface area contributed by atoms with Crippen molar-refractivity contribution in [1.82, 2.24) is 5.32 Å². The maximum Gasteiger partial charge on any atom is 0.216 e. The van der Waals surface area contributed by atoms with E-state index < -0.39 is 11.7 Å². The van der Waals surface area contributed by atoms with E-state index in [0.29, 0.717) is 19.4 Å². The second kappa shape index (κ2) is 10.2. The molecule has 0 saturated heterocycles. The van der Waals surface area contributed by atoms with Crippen LogP contribution in [-0.4, -0.2) is 28.3 Å². The van der Waals surface area contributed by atoms with Crippen molar-refractivity contribution in [3.8, 4) is 11.8 Å². The third-order valence-corrected chi connectivity index (χ3v) is 4.21. The van der Waals surface area contributed by atoms with Crippen molar-refractivity contribution in [3.63, 3.8) is 0 Å². The third-order valence-electron chi connectivity index (χ3n) is 4.21. The number of carbonyl (C=O) groups excluding carboxylic acids is 1. The molecular formula is C21H31NO3. The number of hydrogen-bond donors (Lipinski definition) is 3. The zero-order valence-electron chi connectivity index (χ0n) is 15.8. The molecule has 0 aliphatic rings. The number of amides is 1. The smallest absolute Gasteiger partial charge is 0.216 e. The van der Waals surface area contributed by atoms with Gasteiger partial charge in [-0.15, -0.1) is 0 Å². The first kappa shape index (κ1) is 21.2. The summed E-state index contributed by atoms with van der Waals surface area (Å²) in [6.07, 6.45) is 2.39. The molecule has 0 bridgehead atoms. The van der Waals surface area contributed by atoms with Crippen LogP contribution in [0, 0.1) is 17.8 Å². The number of benzene rings is 1. The molecule has 1 rings (SSSR count). The van der Waals surface area contributed by atoms with Gasteiger partial charge in [-0.3, -0.25) is 4.79 Å². The van der Waals surface area contributed by atoms with E-state index in [-0.39, 0.29) is 11.8 Å². The monoisotopic (exact) mass is 345 g/mol. The standard InChI is InChI=1S/C21H31NO3/c1-5-11-21(25,12-6-2)13-10-18-8-7-9-19(14-18)20(24)16(3)15-22-17(4)23/h7-9,14,16,20,24-25H,5-6,11-12,15H2,1-4H3,(H,22,23)/t16-,20-/m1/s1. The molecule has 0 aliphatic carbocycles. The van der Waals surface area contributed by atoms with E-state index in [2.05, 4.69) is 17.2 Å². The molecule has 1 aromatic carbocycles. The molecule has 1 amide bonds. The Bertz CT molecular complexity index is 609. The SMILES string of the molecule is CCCC(O)(C#Cc1cccc([C@H](O)[C@H](C)CNC(C)=O)c1)CCC. The molecule has 0 fully saturated rings. The van der Waals surface area contributed by atoms with Crippen molar-refractivity contribution in [3.05, 3.63) is 35.4 Å². The van der Waals surface area contributed by atoms with Crippen LogP contribution in [0.4, 0.5) is 0 Å². The van der Waals surface area contributed by atoms with Crippen LogP contribution in [0.1, 0.15) is 70.6 Å². The third kappa shape index (κ3) is 7.29. The normalized spacial score (nSPS) is 13.5. The minimum atomic E-state index is -0.948. The van der Waals surface area contributed by atoms with Gasteiger partial charge in [0.1, 0.15) is 5.60 Å². The fourth-order valence-corrected chi connectivity index (χ4v) is 2.81. The van der Waals surface area contributed by atoms with Gasteiger partial charge in [0, 0.05) is 24.9 Å². The number of rotatable bonds is 8. The van der Waals surface area contributed by atoms with E-state index in [0.717, 1.165) is 24.0 Å². The molecule has 0 aromatic heterocycles. The summed E-state index contributed by atoms with van der Waals surface area (Å²) >= 11 is 0. The number of nitrogens with one attached hydrogen (secondary N) is 1. The zero-order chi connectivity index (χ0) is 18.9. The quantitative estimate of drug-likeness (QED) is 0.634. The van der Waals surface area contributed by atoms with Gasteiger partial charge < -0.3 is 15.5 Å². The highest BCUT2D eigenvalue weighted by molar-refractivity contribution is 5.72. The molecule has 0 spiro atoms. The minimum absolute atomic E-state index is 0.107. The van der Waals surface area contributed by atoms with Gasteiger partial charge in [0.05, 0.1) is 6.10 Å². The average Bonchev–Trinajstić information content (AvgIpc) is 2.58. The van der Waals surface area contributed by atoms with Crippen LogP contribution in [0.3, 0.4) is 0 Å². The van der Waals surface area contributed by atoms with Gasteiger partial charge in [-0.05, 0) is 30.5 Å². The van der Waals surface area contributed by atoms with E-state index in [1.807, 2.05) is 45.0 Å². The molecule has 0 radical (unpaired) electrons. The zero-order valence-corrected chi connectivity index (χ0v) is 15.8. The van der Waals surface area contributed by atoms with Gasteiger partial charge in [-0.2, -0.15) is 0 Å². The van der Waals surface area contributed by atoms with Crippen LogP contribution in [0.2, 0.25) is 0 Å². The highest BCUT2D eigenvalue weighted by atomic mass is 16.3. The van der Waals surface area contributed by atoms with E-state index in [9.17, 15) is 15.0 Å². The van der Waals surface area contributed by atoms with Crippen LogP contribution < -0.4 is 5.32 Å². The molecule has 2 atom stereocenters. The van der Waals surface area contributed by atoms with Gasteiger partial charge in [-0.1, -0.05) is 57.6 Å². The highest BCUT2D eigenvalue weighted by Crippen LogP contribution is 2.23. The lowest BCUT2D eigenvalue weighted by Gasteiger charge is -2.21. The molecule has 1 aromatic rings. The molecule has 4 nitrogen and oxygen atoms in total. The van der Waals surface area contributed by atoms with Crippen LogP contribution in [-0.2, 0) is 4.79 Å². The predicted molar refractivity (Wildman–Crippen MR) is 101 cm³/mol. The first-order valence-electron chi connectivity index (χ1n) is 9.09. The Morgan fingerprint density at radius 1 is 1.28 bits per heavy atom. The lowest BCUT2D eigenvalue weighted by molar-refractivity contribution is -0.119. The van der Waals surface area contributed by atoms with Crippen molar-refractivity contribution in [2.75, 3.05) is 6.54 Å². The maximum absolute atomic E-state index is 11.0. The summed E-state index contributed by atoms with van der Waals surface area (Å²) in [5.41, 5.74) is 0.588. The van der Waals surface area contributed by atoms with Crippen molar-refractivity contribution < 1.29 is 15.0 Å². The molecule has 25 heavy (non-hydrogen) atoms. The number of carbonyl (C=O) groups is 1. The van der Waals surface area contributed by atoms with Gasteiger partial charge in [0.15, 0.2) is 0 Å². The Hall–Kier alpha value is -1.83. The lowest BCUT2D eigenvalue weighted by Crippen LogP contribution is -2.28. The highest BCUT2D eigenvalue weighted by Gasteiger charge is 2.21. The molecule has 3 N–H and O–H groups in total. The van der Waals surface area contributed by atoms with Crippen LogP contribution in [0.25, 0.3) is 0 Å². The summed E-state index contributed by atoms with van der Waals surface area (Å²) in [7, 11) is 0. The number of hydrogen-bond acceptors (Lipinski definition) is 3. The van der Waals surface area contributed by atoms with Crippen LogP contribution >= 0.6 is 0 Å². The fraction of sp³-hybridized carbons (Fsp3) is 0.571. The van der Waals surface area contributed by atoms with Crippen molar-refractivity contribution in [1.29, 1.82) is 0 Å². The molecule has 4 heteroatoms. The second-order valence-electron chi connectivity index (χ2n) is 6.77. The largest absolute Gasteiger partial charge is 0.388 e. The molecule has 0 unspecified atom stereocenters. The molecule has 0 aliphatic heterocycles. The molecule has 138 valence electrons. The summed E-state index contributed by atoms with van der Waals surface area (Å²) in [5.74, 6) is 5.86. The summed E-state index contributed by atoms with van der Waals surface area (Å²) < 4.78 is 0. The Kier molecular flexibility index (Phi) is 8.68. The lowest BCUT2D eigenvalue weighted by atomic mass is 9.92. The van der Waals surface area contributed by atoms with Gasteiger partial charge in [0.25, 0.3) is 0 Å². The van der Waals surface area contributed by atoms with E-state index in [1.54, 1.807) is 0 Å². The summed E-state index contributed by atoms with van der Waals surface area (Å²) in [5, 5.41) is 23.8. The van der Waals surface area contributed by atoms with E-state index >= 15 is 0 Å². The van der Waals surface area contributed by atoms with Crippen molar-refractivity contribution in [2.45, 2.75) is 65.1 Å².